The van der Waals surface area contributed by atoms with Gasteiger partial charge in [0.25, 0.3) is 0 Å². The van der Waals surface area contributed by atoms with Crippen molar-refractivity contribution < 1.29 is 29.4 Å². The van der Waals surface area contributed by atoms with Gasteiger partial charge in [-0.1, -0.05) is 62.4 Å². The lowest BCUT2D eigenvalue weighted by Crippen LogP contribution is -2.58. The van der Waals surface area contributed by atoms with Gasteiger partial charge in [-0.3, -0.25) is 14.4 Å². The number of nitrogens with one attached hydrogen (secondary N) is 5. The van der Waals surface area contributed by atoms with Crippen molar-refractivity contribution >= 4 is 45.5 Å². The molecule has 2 aromatic heterocycles. The molecule has 12 nitrogen and oxygen atoms in total. The molecule has 0 fully saturated rings. The fraction of sp³-hybridized carbons (Fsp3) is 0.297. The molecule has 0 spiro atoms. The van der Waals surface area contributed by atoms with Gasteiger partial charge in [-0.2, -0.15) is 0 Å². The van der Waals surface area contributed by atoms with E-state index >= 15 is 0 Å². The van der Waals surface area contributed by atoms with Crippen LogP contribution >= 0.6 is 0 Å². The van der Waals surface area contributed by atoms with Crippen molar-refractivity contribution in [2.75, 3.05) is 0 Å². The van der Waals surface area contributed by atoms with Crippen LogP contribution in [0.2, 0.25) is 0 Å². The number of phenols is 1. The lowest BCUT2D eigenvalue weighted by Gasteiger charge is -2.25. The summed E-state index contributed by atoms with van der Waals surface area (Å²) < 4.78 is 0. The summed E-state index contributed by atoms with van der Waals surface area (Å²) in [5.41, 5.74) is 9.99. The van der Waals surface area contributed by atoms with Gasteiger partial charge in [-0.05, 0) is 53.3 Å². The topological polar surface area (TPSA) is 202 Å². The number of para-hydroxylation sites is 2. The number of benzene rings is 3. The second-order valence-corrected chi connectivity index (χ2v) is 12.8. The van der Waals surface area contributed by atoms with Crippen molar-refractivity contribution in [3.8, 4) is 5.75 Å². The van der Waals surface area contributed by atoms with Crippen LogP contribution in [0.1, 0.15) is 37.0 Å². The Hall–Kier alpha value is -5.62. The molecule has 49 heavy (non-hydrogen) atoms. The van der Waals surface area contributed by atoms with Crippen LogP contribution < -0.4 is 21.7 Å². The summed E-state index contributed by atoms with van der Waals surface area (Å²) in [6.45, 7) is 3.90. The minimum atomic E-state index is -1.32. The first kappa shape index (κ1) is 34.7. The molecule has 4 unspecified atom stereocenters. The highest BCUT2D eigenvalue weighted by Gasteiger charge is 2.32. The number of carbonyl (C=O) groups excluding carboxylic acids is 3. The van der Waals surface area contributed by atoms with E-state index in [0.29, 0.717) is 12.0 Å². The summed E-state index contributed by atoms with van der Waals surface area (Å²) in [6, 6.07) is 16.6. The van der Waals surface area contributed by atoms with E-state index in [1.54, 1.807) is 24.5 Å². The Morgan fingerprint density at radius 3 is 1.63 bits per heavy atom. The molecule has 2 heterocycles. The molecular weight excluding hydrogens is 624 g/mol. The van der Waals surface area contributed by atoms with Crippen LogP contribution in [0.4, 0.5) is 0 Å². The number of amides is 3. The fourth-order valence-corrected chi connectivity index (χ4v) is 5.97. The van der Waals surface area contributed by atoms with Gasteiger partial charge in [0, 0.05) is 53.5 Å². The van der Waals surface area contributed by atoms with Crippen molar-refractivity contribution in [2.45, 2.75) is 63.7 Å². The summed E-state index contributed by atoms with van der Waals surface area (Å²) in [4.78, 5) is 59.9. The Kier molecular flexibility index (Phi) is 11.0. The molecule has 9 N–H and O–H groups in total. The first-order valence-electron chi connectivity index (χ1n) is 16.3. The van der Waals surface area contributed by atoms with Gasteiger partial charge in [0.1, 0.15) is 23.9 Å². The molecule has 4 atom stereocenters. The van der Waals surface area contributed by atoms with Crippen molar-refractivity contribution in [1.29, 1.82) is 0 Å². The highest BCUT2D eigenvalue weighted by Crippen LogP contribution is 2.21. The number of carbonyl (C=O) groups is 4. The standard InChI is InChI=1S/C37H42N6O6/c1-21(2)15-28(38)34(45)41-31(17-23-19-39-29-9-5-3-7-26(23)29)35(46)42-32(18-24-20-40-30-10-6-4-8-27(24)30)36(47)43-33(37(48)49)16-22-11-13-25(44)14-12-22/h3-14,19-21,28,31-33,39-40,44H,15-18,38H2,1-2H3,(H,41,45)(H,42,46)(H,43,47)(H,48,49). The van der Waals surface area contributed by atoms with Gasteiger partial charge in [-0.15, -0.1) is 0 Å². The van der Waals surface area contributed by atoms with E-state index in [-0.39, 0.29) is 30.9 Å². The van der Waals surface area contributed by atoms with E-state index < -0.39 is 47.9 Å². The minimum absolute atomic E-state index is 0.0283. The first-order valence-corrected chi connectivity index (χ1v) is 16.3. The maximum absolute atomic E-state index is 14.1. The number of hydrogen-bond acceptors (Lipinski definition) is 6. The lowest BCUT2D eigenvalue weighted by molar-refractivity contribution is -0.142. The van der Waals surface area contributed by atoms with Crippen LogP contribution in [0, 0.1) is 5.92 Å². The normalized spacial score (nSPS) is 13.9. The van der Waals surface area contributed by atoms with Gasteiger partial charge in [0.05, 0.1) is 6.04 Å². The van der Waals surface area contributed by atoms with Crippen LogP contribution in [-0.4, -0.2) is 68.0 Å². The first-order chi connectivity index (χ1) is 23.5. The average Bonchev–Trinajstić information content (AvgIpc) is 3.68. The highest BCUT2D eigenvalue weighted by atomic mass is 16.4. The molecule has 0 radical (unpaired) electrons. The Morgan fingerprint density at radius 2 is 1.14 bits per heavy atom. The zero-order chi connectivity index (χ0) is 35.1. The van der Waals surface area contributed by atoms with Crippen molar-refractivity contribution in [1.82, 2.24) is 25.9 Å². The predicted molar refractivity (Wildman–Crippen MR) is 187 cm³/mol. The molecule has 256 valence electrons. The number of fused-ring (bicyclic) bond motifs is 2. The van der Waals surface area contributed by atoms with Crippen molar-refractivity contribution in [3.05, 3.63) is 102 Å². The third-order valence-electron chi connectivity index (χ3n) is 8.52. The molecule has 12 heteroatoms. The lowest BCUT2D eigenvalue weighted by atomic mass is 9.99. The maximum Gasteiger partial charge on any atom is 0.326 e. The molecule has 3 aromatic carbocycles. The Labute approximate surface area is 283 Å². The van der Waals surface area contributed by atoms with E-state index in [9.17, 15) is 29.4 Å². The Bertz CT molecular complexity index is 1930. The third kappa shape index (κ3) is 8.85. The zero-order valence-corrected chi connectivity index (χ0v) is 27.4. The van der Waals surface area contributed by atoms with Crippen molar-refractivity contribution in [2.24, 2.45) is 11.7 Å². The van der Waals surface area contributed by atoms with Crippen LogP contribution in [0.15, 0.2) is 85.2 Å². The summed E-state index contributed by atoms with van der Waals surface area (Å²) >= 11 is 0. The molecule has 0 aliphatic rings. The molecular formula is C37H42N6O6. The SMILES string of the molecule is CC(C)CC(N)C(=O)NC(Cc1c[nH]c2ccccc12)C(=O)NC(Cc1c[nH]c2ccccc12)C(=O)NC(Cc1ccc(O)cc1)C(=O)O. The summed E-state index contributed by atoms with van der Waals surface area (Å²) in [5, 5.41) is 29.6. The van der Waals surface area contributed by atoms with Gasteiger partial charge in [-0.25, -0.2) is 4.79 Å². The van der Waals surface area contributed by atoms with Gasteiger partial charge in [0.2, 0.25) is 17.7 Å². The van der Waals surface area contributed by atoms with Crippen LogP contribution in [0.25, 0.3) is 21.8 Å². The number of hydrogen-bond donors (Lipinski definition) is 8. The number of aromatic hydroxyl groups is 1. The second kappa shape index (κ2) is 15.5. The van der Waals surface area contributed by atoms with E-state index in [0.717, 1.165) is 32.9 Å². The van der Waals surface area contributed by atoms with E-state index in [1.165, 1.54) is 12.1 Å². The molecule has 5 aromatic rings. The van der Waals surface area contributed by atoms with Gasteiger partial charge in [0.15, 0.2) is 0 Å². The van der Waals surface area contributed by atoms with Crippen molar-refractivity contribution in [3.63, 3.8) is 0 Å². The Balaban J connectivity index is 1.43. The summed E-state index contributed by atoms with van der Waals surface area (Å²) in [6.07, 6.45) is 4.03. The number of aromatic amines is 2. The van der Waals surface area contributed by atoms with E-state index in [1.807, 2.05) is 62.4 Å². The number of nitrogens with two attached hydrogens (primary N) is 1. The maximum atomic E-state index is 14.1. The van der Waals surface area contributed by atoms with Crippen LogP contribution in [-0.2, 0) is 38.4 Å². The fourth-order valence-electron chi connectivity index (χ4n) is 5.97. The monoisotopic (exact) mass is 666 g/mol. The smallest absolute Gasteiger partial charge is 0.326 e. The van der Waals surface area contributed by atoms with E-state index in [4.69, 9.17) is 5.73 Å². The molecule has 5 rings (SSSR count). The number of H-pyrrole nitrogens is 2. The van der Waals surface area contributed by atoms with Crippen LogP contribution in [0.5, 0.6) is 5.75 Å². The van der Waals surface area contributed by atoms with E-state index in [2.05, 4.69) is 25.9 Å². The quantitative estimate of drug-likeness (QED) is 0.0837. The summed E-state index contributed by atoms with van der Waals surface area (Å²) in [5.74, 6) is -2.91. The molecule has 0 saturated heterocycles. The predicted octanol–water partition coefficient (Wildman–Crippen LogP) is 3.30. The second-order valence-electron chi connectivity index (χ2n) is 12.8. The van der Waals surface area contributed by atoms with Crippen LogP contribution in [0.3, 0.4) is 0 Å². The molecule has 0 aliphatic carbocycles. The highest BCUT2D eigenvalue weighted by molar-refractivity contribution is 5.95. The molecule has 0 aliphatic heterocycles. The zero-order valence-electron chi connectivity index (χ0n) is 27.4. The number of rotatable bonds is 15. The summed E-state index contributed by atoms with van der Waals surface area (Å²) in [7, 11) is 0. The average molecular weight is 667 g/mol. The minimum Gasteiger partial charge on any atom is -0.508 e. The largest absolute Gasteiger partial charge is 0.508 e. The molecule has 0 saturated carbocycles. The third-order valence-corrected chi connectivity index (χ3v) is 8.52. The number of aromatic nitrogens is 2. The number of carboxylic acids is 1. The molecule has 0 bridgehead atoms. The number of phenolic OH excluding ortho intramolecular Hbond substituents is 1. The van der Waals surface area contributed by atoms with Gasteiger partial charge >= 0.3 is 5.97 Å². The molecule has 3 amide bonds. The van der Waals surface area contributed by atoms with Gasteiger partial charge < -0.3 is 41.9 Å². The number of carboxylic acid groups (broad SMARTS) is 1. The number of aliphatic carboxylic acids is 1. The Morgan fingerprint density at radius 1 is 0.673 bits per heavy atom.